The first kappa shape index (κ1) is 13.3. The van der Waals surface area contributed by atoms with Crippen LogP contribution in [0.4, 0.5) is 5.69 Å². The van der Waals surface area contributed by atoms with Crippen LogP contribution in [0, 0.1) is 13.8 Å². The maximum absolute atomic E-state index is 5.84. The number of nitrogen functional groups attached to an aromatic ring is 1. The molecule has 0 unspecified atom stereocenters. The SMILES string of the molecule is COc1ccc(C)cc1COc1ccc(N)cc1C. The van der Waals surface area contributed by atoms with E-state index in [1.165, 1.54) is 5.56 Å². The van der Waals surface area contributed by atoms with Crippen LogP contribution in [0.1, 0.15) is 16.7 Å². The van der Waals surface area contributed by atoms with Gasteiger partial charge in [-0.25, -0.2) is 0 Å². The van der Waals surface area contributed by atoms with Crippen LogP contribution >= 0.6 is 0 Å². The quantitative estimate of drug-likeness (QED) is 0.853. The highest BCUT2D eigenvalue weighted by Gasteiger charge is 2.06. The van der Waals surface area contributed by atoms with Crippen molar-refractivity contribution in [2.45, 2.75) is 20.5 Å². The Morgan fingerprint density at radius 3 is 2.42 bits per heavy atom. The molecule has 0 saturated carbocycles. The number of ether oxygens (including phenoxy) is 2. The average Bonchev–Trinajstić information content (AvgIpc) is 2.38. The van der Waals surface area contributed by atoms with Gasteiger partial charge in [0.15, 0.2) is 0 Å². The van der Waals surface area contributed by atoms with Crippen molar-refractivity contribution in [3.63, 3.8) is 0 Å². The van der Waals surface area contributed by atoms with E-state index in [1.807, 2.05) is 37.3 Å². The molecule has 0 atom stereocenters. The fourth-order valence-electron chi connectivity index (χ4n) is 2.01. The van der Waals surface area contributed by atoms with Gasteiger partial charge in [-0.15, -0.1) is 0 Å². The van der Waals surface area contributed by atoms with E-state index in [-0.39, 0.29) is 0 Å². The van der Waals surface area contributed by atoms with Crippen molar-refractivity contribution in [2.75, 3.05) is 12.8 Å². The minimum atomic E-state index is 0.482. The second-order valence-corrected chi connectivity index (χ2v) is 4.63. The van der Waals surface area contributed by atoms with Gasteiger partial charge in [0.1, 0.15) is 18.1 Å². The summed E-state index contributed by atoms with van der Waals surface area (Å²) in [6, 6.07) is 11.7. The summed E-state index contributed by atoms with van der Waals surface area (Å²) >= 11 is 0. The molecule has 0 aliphatic carbocycles. The minimum Gasteiger partial charge on any atom is -0.496 e. The zero-order chi connectivity index (χ0) is 13.8. The molecule has 100 valence electrons. The fourth-order valence-corrected chi connectivity index (χ4v) is 2.01. The van der Waals surface area contributed by atoms with Crippen molar-refractivity contribution in [1.29, 1.82) is 0 Å². The predicted octanol–water partition coefficient (Wildman–Crippen LogP) is 3.47. The lowest BCUT2D eigenvalue weighted by Gasteiger charge is -2.13. The highest BCUT2D eigenvalue weighted by atomic mass is 16.5. The molecule has 2 rings (SSSR count). The van der Waals surface area contributed by atoms with Gasteiger partial charge in [-0.2, -0.15) is 0 Å². The Hall–Kier alpha value is -2.16. The van der Waals surface area contributed by atoms with Crippen LogP contribution in [0.25, 0.3) is 0 Å². The van der Waals surface area contributed by atoms with Crippen LogP contribution in [0.15, 0.2) is 36.4 Å². The summed E-state index contributed by atoms with van der Waals surface area (Å²) < 4.78 is 11.2. The molecule has 2 aromatic rings. The van der Waals surface area contributed by atoms with Gasteiger partial charge in [0.25, 0.3) is 0 Å². The highest BCUT2D eigenvalue weighted by Crippen LogP contribution is 2.24. The summed E-state index contributed by atoms with van der Waals surface area (Å²) in [5, 5.41) is 0. The number of aryl methyl sites for hydroxylation is 2. The maximum Gasteiger partial charge on any atom is 0.125 e. The van der Waals surface area contributed by atoms with Gasteiger partial charge >= 0.3 is 0 Å². The van der Waals surface area contributed by atoms with Gasteiger partial charge in [-0.1, -0.05) is 11.6 Å². The third kappa shape index (κ3) is 3.19. The largest absolute Gasteiger partial charge is 0.496 e. The molecule has 0 bridgehead atoms. The number of methoxy groups -OCH3 is 1. The molecule has 3 nitrogen and oxygen atoms in total. The number of anilines is 1. The summed E-state index contributed by atoms with van der Waals surface area (Å²) in [7, 11) is 1.67. The first-order valence-corrected chi connectivity index (χ1v) is 6.22. The van der Waals surface area contributed by atoms with E-state index in [1.54, 1.807) is 7.11 Å². The van der Waals surface area contributed by atoms with Crippen molar-refractivity contribution < 1.29 is 9.47 Å². The number of hydrogen-bond donors (Lipinski definition) is 1. The monoisotopic (exact) mass is 257 g/mol. The Balaban J connectivity index is 2.16. The average molecular weight is 257 g/mol. The number of hydrogen-bond acceptors (Lipinski definition) is 3. The smallest absolute Gasteiger partial charge is 0.125 e. The Bertz CT molecular complexity index is 579. The highest BCUT2D eigenvalue weighted by molar-refractivity contribution is 5.47. The standard InChI is InChI=1S/C16H19NO2/c1-11-4-6-16(18-3)13(8-11)10-19-15-7-5-14(17)9-12(15)2/h4-9H,10,17H2,1-3H3. The summed E-state index contributed by atoms with van der Waals surface area (Å²) in [4.78, 5) is 0. The van der Waals surface area contributed by atoms with Gasteiger partial charge in [0, 0.05) is 11.3 Å². The molecule has 0 spiro atoms. The predicted molar refractivity (Wildman–Crippen MR) is 77.7 cm³/mol. The zero-order valence-electron chi connectivity index (χ0n) is 11.6. The molecule has 0 fully saturated rings. The molecular formula is C16H19NO2. The molecule has 0 amide bonds. The normalized spacial score (nSPS) is 10.3. The fraction of sp³-hybridized carbons (Fsp3) is 0.250. The Kier molecular flexibility index (Phi) is 3.95. The van der Waals surface area contributed by atoms with Crippen LogP contribution in [-0.2, 0) is 6.61 Å². The van der Waals surface area contributed by atoms with Gasteiger partial charge in [-0.3, -0.25) is 0 Å². The van der Waals surface area contributed by atoms with Gasteiger partial charge in [-0.05, 0) is 49.7 Å². The molecule has 0 aliphatic heterocycles. The van der Waals surface area contributed by atoms with Gasteiger partial charge < -0.3 is 15.2 Å². The molecule has 0 aliphatic rings. The molecule has 3 heteroatoms. The van der Waals surface area contributed by atoms with E-state index in [0.717, 1.165) is 28.3 Å². The van der Waals surface area contributed by atoms with Crippen LogP contribution in [0.2, 0.25) is 0 Å². The first-order valence-electron chi connectivity index (χ1n) is 6.22. The number of nitrogens with two attached hydrogens (primary N) is 1. The molecule has 0 radical (unpaired) electrons. The van der Waals surface area contributed by atoms with Gasteiger partial charge in [0.2, 0.25) is 0 Å². The lowest BCUT2D eigenvalue weighted by atomic mass is 10.1. The summed E-state index contributed by atoms with van der Waals surface area (Å²) in [5.74, 6) is 1.69. The van der Waals surface area contributed by atoms with E-state index in [2.05, 4.69) is 13.0 Å². The van der Waals surface area contributed by atoms with Gasteiger partial charge in [0.05, 0.1) is 7.11 Å². The minimum absolute atomic E-state index is 0.482. The molecule has 0 aromatic heterocycles. The third-order valence-electron chi connectivity index (χ3n) is 3.02. The lowest BCUT2D eigenvalue weighted by Crippen LogP contribution is -2.00. The lowest BCUT2D eigenvalue weighted by molar-refractivity contribution is 0.295. The Morgan fingerprint density at radius 1 is 1.00 bits per heavy atom. The number of benzene rings is 2. The molecule has 2 aromatic carbocycles. The van der Waals surface area contributed by atoms with Crippen LogP contribution in [0.5, 0.6) is 11.5 Å². The second kappa shape index (κ2) is 5.65. The Labute approximate surface area is 114 Å². The van der Waals surface area contributed by atoms with Crippen molar-refractivity contribution in [2.24, 2.45) is 0 Å². The first-order chi connectivity index (χ1) is 9.10. The van der Waals surface area contributed by atoms with Crippen molar-refractivity contribution in [3.8, 4) is 11.5 Å². The molecule has 19 heavy (non-hydrogen) atoms. The van der Waals surface area contributed by atoms with Crippen LogP contribution in [0.3, 0.4) is 0 Å². The van der Waals surface area contributed by atoms with Crippen molar-refractivity contribution in [3.05, 3.63) is 53.1 Å². The van der Waals surface area contributed by atoms with Crippen molar-refractivity contribution >= 4 is 5.69 Å². The van der Waals surface area contributed by atoms with E-state index in [4.69, 9.17) is 15.2 Å². The zero-order valence-corrected chi connectivity index (χ0v) is 11.6. The second-order valence-electron chi connectivity index (χ2n) is 4.63. The van der Waals surface area contributed by atoms with Crippen LogP contribution in [-0.4, -0.2) is 7.11 Å². The number of rotatable bonds is 4. The van der Waals surface area contributed by atoms with Crippen molar-refractivity contribution in [1.82, 2.24) is 0 Å². The van der Waals surface area contributed by atoms with E-state index < -0.39 is 0 Å². The van der Waals surface area contributed by atoms with E-state index in [0.29, 0.717) is 6.61 Å². The van der Waals surface area contributed by atoms with E-state index >= 15 is 0 Å². The summed E-state index contributed by atoms with van der Waals surface area (Å²) in [6.07, 6.45) is 0. The molecule has 0 heterocycles. The third-order valence-corrected chi connectivity index (χ3v) is 3.02. The molecule has 0 saturated heterocycles. The van der Waals surface area contributed by atoms with E-state index in [9.17, 15) is 0 Å². The summed E-state index contributed by atoms with van der Waals surface area (Å²) in [6.45, 7) is 4.52. The molecular weight excluding hydrogens is 238 g/mol. The molecule has 2 N–H and O–H groups in total. The maximum atomic E-state index is 5.84. The van der Waals surface area contributed by atoms with Crippen LogP contribution < -0.4 is 15.2 Å². The summed E-state index contributed by atoms with van der Waals surface area (Å²) in [5.41, 5.74) is 9.74. The topological polar surface area (TPSA) is 44.5 Å². The Morgan fingerprint density at radius 2 is 1.74 bits per heavy atom.